The van der Waals surface area contributed by atoms with E-state index in [1.807, 2.05) is 24.4 Å². The standard InChI is InChI=1S/C16H16N4/c17-16-14(7-3-10-20-16)18-11-8-13-5-1-4-12-6-2-9-19-15(12)13/h1-7,9-10,18H,8,11H2,(H2,17,20). The minimum Gasteiger partial charge on any atom is -0.382 e. The van der Waals surface area contributed by atoms with Gasteiger partial charge >= 0.3 is 0 Å². The highest BCUT2D eigenvalue weighted by atomic mass is 14.9. The minimum absolute atomic E-state index is 0.531. The van der Waals surface area contributed by atoms with Crippen LogP contribution in [0.5, 0.6) is 0 Å². The van der Waals surface area contributed by atoms with E-state index in [2.05, 4.69) is 39.6 Å². The second-order valence-electron chi connectivity index (χ2n) is 4.61. The van der Waals surface area contributed by atoms with E-state index in [9.17, 15) is 0 Å². The van der Waals surface area contributed by atoms with Gasteiger partial charge < -0.3 is 11.1 Å². The summed E-state index contributed by atoms with van der Waals surface area (Å²) in [6, 6.07) is 14.1. The number of benzene rings is 1. The Hall–Kier alpha value is -2.62. The number of hydrogen-bond donors (Lipinski definition) is 2. The van der Waals surface area contributed by atoms with Crippen molar-refractivity contribution in [3.8, 4) is 0 Å². The summed E-state index contributed by atoms with van der Waals surface area (Å²) in [5, 5.41) is 4.48. The highest BCUT2D eigenvalue weighted by Crippen LogP contribution is 2.17. The third-order valence-corrected chi connectivity index (χ3v) is 3.26. The summed E-state index contributed by atoms with van der Waals surface area (Å²) in [5.41, 5.74) is 8.98. The lowest BCUT2D eigenvalue weighted by Gasteiger charge is -2.09. The molecule has 20 heavy (non-hydrogen) atoms. The minimum atomic E-state index is 0.531. The highest BCUT2D eigenvalue weighted by molar-refractivity contribution is 5.81. The number of nitrogens with two attached hydrogens (primary N) is 1. The number of hydrogen-bond acceptors (Lipinski definition) is 4. The van der Waals surface area contributed by atoms with Crippen molar-refractivity contribution in [2.45, 2.75) is 6.42 Å². The summed E-state index contributed by atoms with van der Waals surface area (Å²) in [6.07, 6.45) is 4.41. The molecule has 0 spiro atoms. The molecule has 0 unspecified atom stereocenters. The van der Waals surface area contributed by atoms with Crippen molar-refractivity contribution in [3.63, 3.8) is 0 Å². The van der Waals surface area contributed by atoms with E-state index in [0.717, 1.165) is 24.2 Å². The zero-order valence-electron chi connectivity index (χ0n) is 11.1. The van der Waals surface area contributed by atoms with Crippen LogP contribution >= 0.6 is 0 Å². The van der Waals surface area contributed by atoms with Crippen molar-refractivity contribution >= 4 is 22.4 Å². The van der Waals surface area contributed by atoms with E-state index in [4.69, 9.17) is 5.73 Å². The first-order valence-corrected chi connectivity index (χ1v) is 6.61. The maximum atomic E-state index is 5.80. The molecule has 4 heteroatoms. The van der Waals surface area contributed by atoms with Crippen molar-refractivity contribution in [2.24, 2.45) is 0 Å². The molecule has 0 aliphatic carbocycles. The molecular weight excluding hydrogens is 248 g/mol. The van der Waals surface area contributed by atoms with Gasteiger partial charge in [-0.1, -0.05) is 24.3 Å². The topological polar surface area (TPSA) is 63.8 Å². The number of para-hydroxylation sites is 1. The second kappa shape index (κ2) is 5.57. The Morgan fingerprint density at radius 1 is 0.950 bits per heavy atom. The fourth-order valence-electron chi connectivity index (χ4n) is 2.27. The molecular formula is C16H16N4. The largest absolute Gasteiger partial charge is 0.382 e. The first-order chi connectivity index (χ1) is 9.84. The smallest absolute Gasteiger partial charge is 0.146 e. The van der Waals surface area contributed by atoms with E-state index in [1.54, 1.807) is 6.20 Å². The predicted molar refractivity (Wildman–Crippen MR) is 82.6 cm³/mol. The van der Waals surface area contributed by atoms with E-state index < -0.39 is 0 Å². The molecule has 0 amide bonds. The van der Waals surface area contributed by atoms with Gasteiger partial charge in [0.1, 0.15) is 5.82 Å². The molecule has 0 saturated carbocycles. The van der Waals surface area contributed by atoms with Crippen LogP contribution in [0.1, 0.15) is 5.56 Å². The van der Waals surface area contributed by atoms with E-state index in [1.165, 1.54) is 10.9 Å². The quantitative estimate of drug-likeness (QED) is 0.760. The Kier molecular flexibility index (Phi) is 3.46. The molecule has 0 aliphatic heterocycles. The first kappa shape index (κ1) is 12.4. The lowest BCUT2D eigenvalue weighted by atomic mass is 10.1. The van der Waals surface area contributed by atoms with Crippen LogP contribution in [-0.4, -0.2) is 16.5 Å². The van der Waals surface area contributed by atoms with Crippen LogP contribution in [0.4, 0.5) is 11.5 Å². The van der Waals surface area contributed by atoms with Gasteiger partial charge in [0.25, 0.3) is 0 Å². The van der Waals surface area contributed by atoms with Crippen LogP contribution in [0, 0.1) is 0 Å². The average Bonchev–Trinajstić information content (AvgIpc) is 2.49. The molecule has 3 aromatic rings. The van der Waals surface area contributed by atoms with Crippen molar-refractivity contribution in [3.05, 3.63) is 60.4 Å². The summed E-state index contributed by atoms with van der Waals surface area (Å²) >= 11 is 0. The Bertz CT molecular complexity index is 719. The van der Waals surface area contributed by atoms with E-state index in [-0.39, 0.29) is 0 Å². The van der Waals surface area contributed by atoms with Crippen LogP contribution in [0.15, 0.2) is 54.9 Å². The van der Waals surface area contributed by atoms with Crippen LogP contribution in [-0.2, 0) is 6.42 Å². The number of nitrogens with zero attached hydrogens (tertiary/aromatic N) is 2. The van der Waals surface area contributed by atoms with Gasteiger partial charge in [-0.3, -0.25) is 4.98 Å². The zero-order valence-corrected chi connectivity index (χ0v) is 11.1. The fraction of sp³-hybridized carbons (Fsp3) is 0.125. The van der Waals surface area contributed by atoms with Crippen LogP contribution in [0.3, 0.4) is 0 Å². The SMILES string of the molecule is Nc1ncccc1NCCc1cccc2cccnc12. The number of fused-ring (bicyclic) bond motifs is 1. The molecule has 1 aromatic carbocycles. The van der Waals surface area contributed by atoms with Gasteiger partial charge in [0.2, 0.25) is 0 Å². The van der Waals surface area contributed by atoms with Crippen molar-refractivity contribution in [1.82, 2.24) is 9.97 Å². The average molecular weight is 264 g/mol. The lowest BCUT2D eigenvalue weighted by Crippen LogP contribution is -2.08. The molecule has 3 N–H and O–H groups in total. The van der Waals surface area contributed by atoms with Gasteiger partial charge in [-0.05, 0) is 30.2 Å². The second-order valence-corrected chi connectivity index (χ2v) is 4.61. The summed E-state index contributed by atoms with van der Waals surface area (Å²) < 4.78 is 0. The Balaban J connectivity index is 1.73. The fourth-order valence-corrected chi connectivity index (χ4v) is 2.27. The molecule has 0 aliphatic rings. The van der Waals surface area contributed by atoms with Crippen LogP contribution in [0.2, 0.25) is 0 Å². The van der Waals surface area contributed by atoms with Crippen molar-refractivity contribution in [1.29, 1.82) is 0 Å². The Morgan fingerprint density at radius 2 is 1.75 bits per heavy atom. The number of anilines is 2. The summed E-state index contributed by atoms with van der Waals surface area (Å²) in [4.78, 5) is 8.52. The Morgan fingerprint density at radius 3 is 2.65 bits per heavy atom. The Labute approximate surface area is 117 Å². The number of aromatic nitrogens is 2. The van der Waals surface area contributed by atoms with Gasteiger partial charge in [-0.25, -0.2) is 4.98 Å². The first-order valence-electron chi connectivity index (χ1n) is 6.61. The van der Waals surface area contributed by atoms with Gasteiger partial charge in [0, 0.05) is 24.3 Å². The predicted octanol–water partition coefficient (Wildman–Crippen LogP) is 2.87. The van der Waals surface area contributed by atoms with E-state index in [0.29, 0.717) is 5.82 Å². The van der Waals surface area contributed by atoms with Gasteiger partial charge in [0.15, 0.2) is 0 Å². The third kappa shape index (κ3) is 2.54. The number of nitrogen functional groups attached to an aromatic ring is 1. The summed E-state index contributed by atoms with van der Waals surface area (Å²) in [6.45, 7) is 0.797. The monoisotopic (exact) mass is 264 g/mol. The maximum absolute atomic E-state index is 5.80. The molecule has 4 nitrogen and oxygen atoms in total. The van der Waals surface area contributed by atoms with Crippen LogP contribution < -0.4 is 11.1 Å². The van der Waals surface area contributed by atoms with Gasteiger partial charge in [-0.15, -0.1) is 0 Å². The maximum Gasteiger partial charge on any atom is 0.146 e. The molecule has 0 saturated heterocycles. The van der Waals surface area contributed by atoms with Crippen molar-refractivity contribution < 1.29 is 0 Å². The molecule has 3 rings (SSSR count). The molecule has 0 atom stereocenters. The normalized spacial score (nSPS) is 10.6. The van der Waals surface area contributed by atoms with Gasteiger partial charge in [-0.2, -0.15) is 0 Å². The van der Waals surface area contributed by atoms with E-state index >= 15 is 0 Å². The number of pyridine rings is 2. The van der Waals surface area contributed by atoms with Gasteiger partial charge in [0.05, 0.1) is 11.2 Å². The molecule has 0 fully saturated rings. The van der Waals surface area contributed by atoms with Crippen molar-refractivity contribution in [2.75, 3.05) is 17.6 Å². The number of nitrogens with one attached hydrogen (secondary N) is 1. The summed E-state index contributed by atoms with van der Waals surface area (Å²) in [5.74, 6) is 0.531. The summed E-state index contributed by atoms with van der Waals surface area (Å²) in [7, 11) is 0. The van der Waals surface area contributed by atoms with Crippen LogP contribution in [0.25, 0.3) is 10.9 Å². The zero-order chi connectivity index (χ0) is 13.8. The highest BCUT2D eigenvalue weighted by Gasteiger charge is 2.02. The molecule has 100 valence electrons. The number of rotatable bonds is 4. The third-order valence-electron chi connectivity index (χ3n) is 3.26. The molecule has 2 heterocycles. The molecule has 0 bridgehead atoms. The molecule has 2 aromatic heterocycles. The lowest BCUT2D eigenvalue weighted by molar-refractivity contribution is 1.02. The molecule has 0 radical (unpaired) electrons.